The molecule has 1 aromatic carbocycles. The van der Waals surface area contributed by atoms with E-state index >= 15 is 0 Å². The van der Waals surface area contributed by atoms with Gasteiger partial charge in [-0.1, -0.05) is 12.1 Å². The number of aromatic carboxylic acids is 1. The summed E-state index contributed by atoms with van der Waals surface area (Å²) < 4.78 is 7.43. The first-order valence-corrected chi connectivity index (χ1v) is 10.8. The summed E-state index contributed by atoms with van der Waals surface area (Å²) in [6.45, 7) is 5.28. The van der Waals surface area contributed by atoms with Gasteiger partial charge in [0.15, 0.2) is 5.11 Å². The summed E-state index contributed by atoms with van der Waals surface area (Å²) in [5.74, 6) is -0.944. The zero-order valence-corrected chi connectivity index (χ0v) is 19.1. The maximum absolute atomic E-state index is 11.5. The van der Waals surface area contributed by atoms with Gasteiger partial charge in [-0.05, 0) is 68.0 Å². The van der Waals surface area contributed by atoms with Gasteiger partial charge in [0.1, 0.15) is 0 Å². The summed E-state index contributed by atoms with van der Waals surface area (Å²) in [5.41, 5.74) is 5.15. The number of ether oxygens (including phenoxy) is 1. The van der Waals surface area contributed by atoms with Crippen LogP contribution in [0.4, 0.5) is 0 Å². The molecule has 2 aromatic heterocycles. The van der Waals surface area contributed by atoms with Crippen LogP contribution in [0.25, 0.3) is 5.69 Å². The molecule has 166 valence electrons. The van der Waals surface area contributed by atoms with Crippen molar-refractivity contribution in [2.75, 3.05) is 20.3 Å². The number of benzene rings is 1. The third kappa shape index (κ3) is 3.99. The molecule has 0 bridgehead atoms. The summed E-state index contributed by atoms with van der Waals surface area (Å²) in [4.78, 5) is 18.2. The lowest BCUT2D eigenvalue weighted by molar-refractivity contribution is 0.0697. The Labute approximate surface area is 192 Å². The number of hydrogen-bond acceptors (Lipinski definition) is 4. The molecular formula is C24H26N4O3S. The van der Waals surface area contributed by atoms with Crippen molar-refractivity contribution in [1.82, 2.24) is 19.8 Å². The number of carboxylic acids is 1. The summed E-state index contributed by atoms with van der Waals surface area (Å²) in [7, 11) is 1.68. The number of nitrogens with one attached hydrogen (secondary N) is 1. The average Bonchev–Trinajstić information content (AvgIpc) is 3.27. The lowest BCUT2D eigenvalue weighted by Gasteiger charge is -2.28. The number of pyridine rings is 1. The van der Waals surface area contributed by atoms with Crippen LogP contribution < -0.4 is 5.32 Å². The number of rotatable bonds is 7. The number of hydrogen-bond donors (Lipinski definition) is 2. The molecule has 2 N–H and O–H groups in total. The van der Waals surface area contributed by atoms with Gasteiger partial charge >= 0.3 is 5.97 Å². The third-order valence-electron chi connectivity index (χ3n) is 5.87. The Balaban J connectivity index is 1.82. The zero-order valence-electron chi connectivity index (χ0n) is 18.3. The van der Waals surface area contributed by atoms with Gasteiger partial charge in [-0.15, -0.1) is 0 Å². The Bertz CT molecular complexity index is 1150. The van der Waals surface area contributed by atoms with Crippen molar-refractivity contribution in [3.05, 3.63) is 82.9 Å². The van der Waals surface area contributed by atoms with E-state index in [4.69, 9.17) is 17.0 Å². The molecule has 32 heavy (non-hydrogen) atoms. The van der Waals surface area contributed by atoms with E-state index in [-0.39, 0.29) is 17.6 Å². The summed E-state index contributed by atoms with van der Waals surface area (Å²) in [5, 5.41) is 13.5. The second kappa shape index (κ2) is 9.10. The molecule has 0 aliphatic carbocycles. The number of methoxy groups -OCH3 is 1. The molecule has 8 heteroatoms. The normalized spacial score (nSPS) is 18.1. The molecule has 0 radical (unpaired) electrons. The van der Waals surface area contributed by atoms with Crippen LogP contribution in [-0.4, -0.2) is 50.9 Å². The van der Waals surface area contributed by atoms with Crippen molar-refractivity contribution in [2.24, 2.45) is 0 Å². The van der Waals surface area contributed by atoms with Crippen LogP contribution >= 0.6 is 12.2 Å². The molecule has 3 heterocycles. The molecule has 2 unspecified atom stereocenters. The molecule has 3 aromatic rings. The highest BCUT2D eigenvalue weighted by molar-refractivity contribution is 7.80. The van der Waals surface area contributed by atoms with Gasteiger partial charge in [0.2, 0.25) is 0 Å². The lowest BCUT2D eigenvalue weighted by atomic mass is 9.97. The van der Waals surface area contributed by atoms with E-state index in [0.29, 0.717) is 18.3 Å². The van der Waals surface area contributed by atoms with Crippen molar-refractivity contribution in [3.63, 3.8) is 0 Å². The molecule has 1 aliphatic rings. The first-order valence-electron chi connectivity index (χ1n) is 10.4. The molecule has 7 nitrogen and oxygen atoms in total. The van der Waals surface area contributed by atoms with Gasteiger partial charge in [-0.3, -0.25) is 4.98 Å². The van der Waals surface area contributed by atoms with Crippen LogP contribution in [-0.2, 0) is 4.74 Å². The Hall–Kier alpha value is -3.23. The largest absolute Gasteiger partial charge is 0.478 e. The summed E-state index contributed by atoms with van der Waals surface area (Å²) >= 11 is 5.69. The van der Waals surface area contributed by atoms with Crippen molar-refractivity contribution >= 4 is 23.3 Å². The molecule has 4 rings (SSSR count). The number of nitrogens with zero attached hydrogens (tertiary/aromatic N) is 3. The fraction of sp³-hybridized carbons (Fsp3) is 0.292. The highest BCUT2D eigenvalue weighted by Crippen LogP contribution is 2.41. The van der Waals surface area contributed by atoms with E-state index in [9.17, 15) is 9.90 Å². The quantitative estimate of drug-likeness (QED) is 0.530. The van der Waals surface area contributed by atoms with E-state index in [1.54, 1.807) is 31.5 Å². The fourth-order valence-corrected chi connectivity index (χ4v) is 4.77. The molecule has 2 atom stereocenters. The van der Waals surface area contributed by atoms with E-state index in [1.165, 1.54) is 0 Å². The van der Waals surface area contributed by atoms with Crippen molar-refractivity contribution in [3.8, 4) is 5.69 Å². The van der Waals surface area contributed by atoms with Crippen LogP contribution in [0.2, 0.25) is 0 Å². The van der Waals surface area contributed by atoms with Crippen LogP contribution in [0.5, 0.6) is 0 Å². The molecule has 1 fully saturated rings. The molecule has 0 amide bonds. The van der Waals surface area contributed by atoms with E-state index in [2.05, 4.69) is 32.8 Å². The monoisotopic (exact) mass is 450 g/mol. The van der Waals surface area contributed by atoms with Gasteiger partial charge in [0.25, 0.3) is 0 Å². The highest BCUT2D eigenvalue weighted by atomic mass is 32.1. The molecule has 0 spiro atoms. The van der Waals surface area contributed by atoms with Crippen LogP contribution in [0.15, 0.2) is 54.7 Å². The van der Waals surface area contributed by atoms with Crippen LogP contribution in [0, 0.1) is 13.8 Å². The number of carbonyl (C=O) groups is 1. The highest BCUT2D eigenvalue weighted by Gasteiger charge is 2.41. The summed E-state index contributed by atoms with van der Waals surface area (Å²) in [6, 6.07) is 14.8. The average molecular weight is 451 g/mol. The van der Waals surface area contributed by atoms with Crippen molar-refractivity contribution < 1.29 is 14.6 Å². The minimum absolute atomic E-state index is 0.0739. The minimum Gasteiger partial charge on any atom is -0.478 e. The Kier molecular flexibility index (Phi) is 6.25. The van der Waals surface area contributed by atoms with Crippen molar-refractivity contribution in [2.45, 2.75) is 25.9 Å². The maximum atomic E-state index is 11.5. The number of aromatic nitrogens is 2. The predicted molar refractivity (Wildman–Crippen MR) is 126 cm³/mol. The predicted octanol–water partition coefficient (Wildman–Crippen LogP) is 3.81. The SMILES string of the molecule is COCCN1C(=S)NC(c2ccccn2)C1c1cc(C)n(-c2cccc(C(=O)O)c2)c1C. The Morgan fingerprint density at radius 3 is 2.72 bits per heavy atom. The van der Waals surface area contributed by atoms with Gasteiger partial charge in [0, 0.05) is 36.9 Å². The number of carboxylic acid groups (broad SMARTS) is 1. The van der Waals surface area contributed by atoms with Gasteiger partial charge in [-0.2, -0.15) is 0 Å². The van der Waals surface area contributed by atoms with Crippen molar-refractivity contribution in [1.29, 1.82) is 0 Å². The molecule has 0 saturated carbocycles. The van der Waals surface area contributed by atoms with Gasteiger partial charge in [-0.25, -0.2) is 4.79 Å². The Morgan fingerprint density at radius 1 is 1.22 bits per heavy atom. The smallest absolute Gasteiger partial charge is 0.335 e. The third-order valence-corrected chi connectivity index (χ3v) is 6.23. The van der Waals surface area contributed by atoms with E-state index in [0.717, 1.165) is 28.3 Å². The van der Waals surface area contributed by atoms with Crippen LogP contribution in [0.1, 0.15) is 45.1 Å². The first kappa shape index (κ1) is 22.0. The summed E-state index contributed by atoms with van der Waals surface area (Å²) in [6.07, 6.45) is 1.79. The van der Waals surface area contributed by atoms with Gasteiger partial charge in [0.05, 0.1) is 29.9 Å². The topological polar surface area (TPSA) is 79.6 Å². The first-order chi connectivity index (χ1) is 15.4. The van der Waals surface area contributed by atoms with Crippen LogP contribution in [0.3, 0.4) is 0 Å². The second-order valence-electron chi connectivity index (χ2n) is 7.83. The molecule has 1 saturated heterocycles. The standard InChI is InChI=1S/C24H26N4O3S/c1-15-13-19(16(2)28(15)18-8-6-7-17(14-18)23(29)30)22-21(20-9-4-5-10-25-20)26-24(32)27(22)11-12-31-3/h4-10,13-14,21-22H,11-12H2,1-3H3,(H,26,32)(H,29,30). The minimum atomic E-state index is -0.944. The van der Waals surface area contributed by atoms with E-state index in [1.807, 2.05) is 31.2 Å². The molecule has 1 aliphatic heterocycles. The van der Waals surface area contributed by atoms with Gasteiger partial charge < -0.3 is 24.6 Å². The second-order valence-corrected chi connectivity index (χ2v) is 8.22. The maximum Gasteiger partial charge on any atom is 0.335 e. The lowest BCUT2D eigenvalue weighted by Crippen LogP contribution is -2.32. The van der Waals surface area contributed by atoms with E-state index < -0.39 is 5.97 Å². The zero-order chi connectivity index (χ0) is 22.8. The molecular weight excluding hydrogens is 424 g/mol. The number of aryl methyl sites for hydroxylation is 1. The fourth-order valence-electron chi connectivity index (χ4n) is 4.44. The Morgan fingerprint density at radius 2 is 2.03 bits per heavy atom. The number of thiocarbonyl (C=S) groups is 1.